The number of aromatic hydroxyl groups is 1. The van der Waals surface area contributed by atoms with Crippen LogP contribution in [0.15, 0.2) is 85.3 Å². The summed E-state index contributed by atoms with van der Waals surface area (Å²) in [6, 6.07) is 21.9. The first-order chi connectivity index (χ1) is 16.2. The predicted octanol–water partition coefficient (Wildman–Crippen LogP) is 5.08. The largest absolute Gasteiger partial charge is 0.494 e. The number of nitrogens with zero attached hydrogens (tertiary/aromatic N) is 4. The molecule has 3 aromatic heterocycles. The summed E-state index contributed by atoms with van der Waals surface area (Å²) in [6.07, 6.45) is 6.46. The van der Waals surface area contributed by atoms with Crippen LogP contribution in [0.2, 0.25) is 0 Å². The van der Waals surface area contributed by atoms with Gasteiger partial charge in [-0.1, -0.05) is 30.3 Å². The van der Waals surface area contributed by atoms with Crippen LogP contribution >= 0.6 is 0 Å². The molecule has 0 fully saturated rings. The molecule has 0 bridgehead atoms. The molecule has 1 N–H and O–H groups in total. The van der Waals surface area contributed by atoms with Crippen molar-refractivity contribution in [1.29, 1.82) is 0 Å². The van der Waals surface area contributed by atoms with E-state index in [9.17, 15) is 5.11 Å². The first-order valence-electron chi connectivity index (χ1n) is 11.0. The number of ether oxygens (including phenoxy) is 1. The van der Waals surface area contributed by atoms with Crippen LogP contribution < -0.4 is 4.74 Å². The summed E-state index contributed by atoms with van der Waals surface area (Å²) in [5, 5.41) is 11.1. The van der Waals surface area contributed by atoms with Gasteiger partial charge in [-0.3, -0.25) is 9.38 Å². The molecule has 0 spiro atoms. The van der Waals surface area contributed by atoms with Gasteiger partial charge in [0.1, 0.15) is 11.4 Å². The van der Waals surface area contributed by atoms with E-state index in [1.165, 1.54) is 0 Å². The fraction of sp³-hybridized carbons (Fsp3) is 0.148. The Bertz CT molecular complexity index is 1360. The Morgan fingerprint density at radius 3 is 2.24 bits per heavy atom. The lowest BCUT2D eigenvalue weighted by Crippen LogP contribution is -2.01. The molecule has 33 heavy (non-hydrogen) atoms. The lowest BCUT2D eigenvalue weighted by molar-refractivity contribution is 0.340. The second kappa shape index (κ2) is 9.12. The van der Waals surface area contributed by atoms with E-state index in [-0.39, 0.29) is 5.88 Å². The second-order valence-corrected chi connectivity index (χ2v) is 7.80. The van der Waals surface area contributed by atoms with E-state index in [2.05, 4.69) is 17.1 Å². The van der Waals surface area contributed by atoms with Gasteiger partial charge in [-0.25, -0.2) is 9.97 Å². The number of aromatic nitrogens is 4. The Morgan fingerprint density at radius 2 is 1.52 bits per heavy atom. The van der Waals surface area contributed by atoms with Gasteiger partial charge in [-0.2, -0.15) is 0 Å². The highest BCUT2D eigenvalue weighted by Gasteiger charge is 2.18. The number of rotatable bonds is 7. The van der Waals surface area contributed by atoms with Crippen molar-refractivity contribution in [1.82, 2.24) is 19.4 Å². The van der Waals surface area contributed by atoms with Gasteiger partial charge in [-0.05, 0) is 54.4 Å². The van der Waals surface area contributed by atoms with Gasteiger partial charge in [0.25, 0.3) is 0 Å². The van der Waals surface area contributed by atoms with Crippen molar-refractivity contribution in [2.45, 2.75) is 19.8 Å². The molecule has 5 rings (SSSR count). The molecule has 0 saturated carbocycles. The van der Waals surface area contributed by atoms with Crippen LogP contribution in [-0.2, 0) is 12.8 Å². The van der Waals surface area contributed by atoms with E-state index >= 15 is 0 Å². The Hall–Kier alpha value is -4.19. The summed E-state index contributed by atoms with van der Waals surface area (Å²) in [5.74, 6) is 0.947. The van der Waals surface area contributed by atoms with Crippen molar-refractivity contribution in [3.05, 3.63) is 108 Å². The van der Waals surface area contributed by atoms with E-state index in [1.54, 1.807) is 16.8 Å². The molecule has 6 heteroatoms. The lowest BCUT2D eigenvalue weighted by Gasteiger charge is -2.09. The number of benzene rings is 2. The van der Waals surface area contributed by atoms with Crippen LogP contribution in [-0.4, -0.2) is 31.1 Å². The van der Waals surface area contributed by atoms with E-state index < -0.39 is 0 Å². The van der Waals surface area contributed by atoms with Gasteiger partial charge in [0.05, 0.1) is 18.0 Å². The Kier molecular flexibility index (Phi) is 5.72. The fourth-order valence-electron chi connectivity index (χ4n) is 3.89. The quantitative estimate of drug-likeness (QED) is 0.385. The van der Waals surface area contributed by atoms with Crippen LogP contribution in [0.5, 0.6) is 11.6 Å². The first-order valence-corrected chi connectivity index (χ1v) is 11.0. The van der Waals surface area contributed by atoms with Gasteiger partial charge in [-0.15, -0.1) is 0 Å². The van der Waals surface area contributed by atoms with E-state index in [1.807, 2.05) is 67.7 Å². The minimum Gasteiger partial charge on any atom is -0.494 e. The molecule has 2 aromatic carbocycles. The van der Waals surface area contributed by atoms with Crippen LogP contribution in [0, 0.1) is 0 Å². The average Bonchev–Trinajstić information content (AvgIpc) is 3.16. The highest BCUT2D eigenvalue weighted by atomic mass is 16.5. The smallest absolute Gasteiger partial charge is 0.219 e. The van der Waals surface area contributed by atoms with E-state index in [0.717, 1.165) is 33.8 Å². The van der Waals surface area contributed by atoms with Gasteiger partial charge in [0.15, 0.2) is 5.65 Å². The molecule has 6 nitrogen and oxygen atoms in total. The molecule has 0 aliphatic rings. The number of hydrogen-bond acceptors (Lipinski definition) is 5. The molecule has 0 atom stereocenters. The third kappa shape index (κ3) is 4.41. The number of hydrogen-bond donors (Lipinski definition) is 1. The molecule has 0 aliphatic carbocycles. The molecular weight excluding hydrogens is 412 g/mol. The van der Waals surface area contributed by atoms with Crippen LogP contribution in [0.1, 0.15) is 29.4 Å². The first kappa shape index (κ1) is 20.7. The maximum absolute atomic E-state index is 11.1. The number of imidazole rings is 1. The normalized spacial score (nSPS) is 11.1. The van der Waals surface area contributed by atoms with Gasteiger partial charge >= 0.3 is 0 Å². The summed E-state index contributed by atoms with van der Waals surface area (Å²) >= 11 is 0. The molecule has 3 heterocycles. The third-order valence-corrected chi connectivity index (χ3v) is 5.52. The van der Waals surface area contributed by atoms with E-state index in [4.69, 9.17) is 14.7 Å². The van der Waals surface area contributed by atoms with Crippen LogP contribution in [0.3, 0.4) is 0 Å². The van der Waals surface area contributed by atoms with Gasteiger partial charge < -0.3 is 9.84 Å². The van der Waals surface area contributed by atoms with Crippen molar-refractivity contribution in [2.24, 2.45) is 0 Å². The lowest BCUT2D eigenvalue weighted by atomic mass is 10.1. The van der Waals surface area contributed by atoms with Crippen LogP contribution in [0.4, 0.5) is 0 Å². The van der Waals surface area contributed by atoms with Gasteiger partial charge in [0.2, 0.25) is 5.88 Å². The minimum atomic E-state index is 0.130. The van der Waals surface area contributed by atoms with Gasteiger partial charge in [0, 0.05) is 37.0 Å². The minimum absolute atomic E-state index is 0.130. The van der Waals surface area contributed by atoms with Crippen molar-refractivity contribution in [3.63, 3.8) is 0 Å². The summed E-state index contributed by atoms with van der Waals surface area (Å²) in [5.41, 5.74) is 5.96. The zero-order chi connectivity index (χ0) is 22.6. The summed E-state index contributed by atoms with van der Waals surface area (Å²) in [6.45, 7) is 2.58. The molecule has 0 amide bonds. The average molecular weight is 437 g/mol. The molecule has 0 saturated heterocycles. The standard InChI is InChI=1S/C27H24N4O2/c1-2-33-22-10-8-21(9-11-22)25-18-31-26(23(29-25)16-19-6-4-3-5-7-19)30-24(27(31)32)17-20-12-14-28-15-13-20/h3-15,18,32H,2,16-17H2,1H3. The van der Waals surface area contributed by atoms with Crippen molar-refractivity contribution in [2.75, 3.05) is 6.61 Å². The van der Waals surface area contributed by atoms with E-state index in [0.29, 0.717) is 30.8 Å². The zero-order valence-corrected chi connectivity index (χ0v) is 18.3. The van der Waals surface area contributed by atoms with Crippen molar-refractivity contribution < 1.29 is 9.84 Å². The maximum atomic E-state index is 11.1. The fourth-order valence-corrected chi connectivity index (χ4v) is 3.89. The molecule has 0 unspecified atom stereocenters. The number of pyridine rings is 1. The SMILES string of the molecule is CCOc1ccc(-c2cn3c(O)c(Cc4ccncc4)nc3c(Cc3ccccc3)n2)cc1. The monoisotopic (exact) mass is 436 g/mol. The highest BCUT2D eigenvalue weighted by Crippen LogP contribution is 2.29. The number of fused-ring (bicyclic) bond motifs is 1. The second-order valence-electron chi connectivity index (χ2n) is 7.80. The van der Waals surface area contributed by atoms with Crippen molar-refractivity contribution >= 4 is 5.65 Å². The maximum Gasteiger partial charge on any atom is 0.219 e. The zero-order valence-electron chi connectivity index (χ0n) is 18.3. The Morgan fingerprint density at radius 1 is 0.818 bits per heavy atom. The summed E-state index contributed by atoms with van der Waals surface area (Å²) < 4.78 is 7.31. The predicted molar refractivity (Wildman–Crippen MR) is 128 cm³/mol. The highest BCUT2D eigenvalue weighted by molar-refractivity contribution is 5.64. The molecule has 164 valence electrons. The summed E-state index contributed by atoms with van der Waals surface area (Å²) in [7, 11) is 0. The van der Waals surface area contributed by atoms with Crippen LogP contribution in [0.25, 0.3) is 16.9 Å². The third-order valence-electron chi connectivity index (χ3n) is 5.52. The molecule has 0 radical (unpaired) electrons. The van der Waals surface area contributed by atoms with Crippen molar-refractivity contribution in [3.8, 4) is 22.9 Å². The Labute approximate surface area is 192 Å². The topological polar surface area (TPSA) is 72.5 Å². The summed E-state index contributed by atoms with van der Waals surface area (Å²) in [4.78, 5) is 13.8. The molecule has 0 aliphatic heterocycles. The Balaban J connectivity index is 1.61. The molecule has 5 aromatic rings. The molecular formula is C27H24N4O2.